The second-order valence-electron chi connectivity index (χ2n) is 8.15. The minimum atomic E-state index is -3.71. The molecule has 1 amide bonds. The van der Waals surface area contributed by atoms with Crippen LogP contribution in [-0.4, -0.2) is 68.7 Å². The molecule has 1 unspecified atom stereocenters. The average Bonchev–Trinajstić information content (AvgIpc) is 3.40. The number of carbonyl (C=O) groups is 1. The maximum Gasteiger partial charge on any atom is 0.260 e. The number of hydrogen-bond donors (Lipinski definition) is 2. The quantitative estimate of drug-likeness (QED) is 0.504. The van der Waals surface area contributed by atoms with E-state index in [1.165, 1.54) is 22.2 Å². The number of nitrogens with one attached hydrogen (secondary N) is 1. The molecule has 0 spiro atoms. The number of methoxy groups -OCH3 is 1. The molecule has 1 atom stereocenters. The Morgan fingerprint density at radius 1 is 1.26 bits per heavy atom. The van der Waals surface area contributed by atoms with Gasteiger partial charge in [0.2, 0.25) is 15.8 Å². The van der Waals surface area contributed by atoms with Crippen LogP contribution in [0.3, 0.4) is 0 Å². The summed E-state index contributed by atoms with van der Waals surface area (Å²) in [5.74, 6) is 0.218. The number of rotatable bonds is 7. The lowest BCUT2D eigenvalue weighted by molar-refractivity contribution is 0.102. The molecule has 180 valence electrons. The fourth-order valence-electron chi connectivity index (χ4n) is 3.70. The standard InChI is InChI=1S/C21H25N7O5S/c1-12(2)27-10-14-8-17(33-4)15(9-18(14)34(27,31)32)21(30)23-19-7-5-6-16(22-19)20-24-25-26-28(20)13(3)11-29/h5-9,12-13,29H,10-11H2,1-4H3,(H,22,23,30). The highest BCUT2D eigenvalue weighted by molar-refractivity contribution is 7.89. The van der Waals surface area contributed by atoms with Crippen LogP contribution in [0.2, 0.25) is 0 Å². The third-order valence-electron chi connectivity index (χ3n) is 5.51. The van der Waals surface area contributed by atoms with E-state index in [0.717, 1.165) is 0 Å². The molecule has 3 heterocycles. The van der Waals surface area contributed by atoms with Crippen molar-refractivity contribution in [1.82, 2.24) is 29.5 Å². The summed E-state index contributed by atoms with van der Waals surface area (Å²) < 4.78 is 34.1. The summed E-state index contributed by atoms with van der Waals surface area (Å²) in [6, 6.07) is 7.26. The van der Waals surface area contributed by atoms with E-state index in [1.807, 2.05) is 0 Å². The van der Waals surface area contributed by atoms with Crippen LogP contribution in [0.5, 0.6) is 5.75 Å². The normalized spacial score (nSPS) is 15.8. The smallest absolute Gasteiger partial charge is 0.260 e. The topological polar surface area (TPSA) is 152 Å². The summed E-state index contributed by atoms with van der Waals surface area (Å²) in [6.45, 7) is 5.40. The summed E-state index contributed by atoms with van der Waals surface area (Å²) in [7, 11) is -2.29. The van der Waals surface area contributed by atoms with Gasteiger partial charge >= 0.3 is 0 Å². The zero-order valence-electron chi connectivity index (χ0n) is 19.1. The highest BCUT2D eigenvalue weighted by atomic mass is 32.2. The summed E-state index contributed by atoms with van der Waals surface area (Å²) in [6.07, 6.45) is 0. The lowest BCUT2D eigenvalue weighted by Gasteiger charge is -2.18. The lowest BCUT2D eigenvalue weighted by atomic mass is 10.1. The molecule has 2 N–H and O–H groups in total. The number of aliphatic hydroxyl groups is 1. The zero-order valence-corrected chi connectivity index (χ0v) is 19.9. The number of pyridine rings is 1. The number of amides is 1. The SMILES string of the molecule is COc1cc2c(cc1C(=O)Nc1cccc(-c3nnnn3C(C)CO)n1)S(=O)(=O)N(C(C)C)C2. The Morgan fingerprint density at radius 3 is 2.71 bits per heavy atom. The van der Waals surface area contributed by atoms with Gasteiger partial charge in [-0.2, -0.15) is 4.31 Å². The van der Waals surface area contributed by atoms with Gasteiger partial charge in [0.1, 0.15) is 17.3 Å². The van der Waals surface area contributed by atoms with Gasteiger partial charge in [0.15, 0.2) is 0 Å². The molecule has 0 bridgehead atoms. The number of sulfonamides is 1. The van der Waals surface area contributed by atoms with E-state index in [2.05, 4.69) is 25.8 Å². The number of anilines is 1. The number of ether oxygens (including phenoxy) is 1. The number of hydrogen-bond acceptors (Lipinski definition) is 9. The Labute approximate surface area is 196 Å². The number of tetrazole rings is 1. The predicted octanol–water partition coefficient (Wildman–Crippen LogP) is 1.46. The summed E-state index contributed by atoms with van der Waals surface area (Å²) in [4.78, 5) is 17.6. The van der Waals surface area contributed by atoms with Crippen LogP contribution >= 0.6 is 0 Å². The Balaban J connectivity index is 1.66. The second kappa shape index (κ2) is 9.08. The van der Waals surface area contributed by atoms with Crippen molar-refractivity contribution in [3.63, 3.8) is 0 Å². The van der Waals surface area contributed by atoms with Crippen molar-refractivity contribution in [3.05, 3.63) is 41.5 Å². The molecule has 1 aliphatic rings. The molecule has 1 aliphatic heterocycles. The first-order valence-electron chi connectivity index (χ1n) is 10.6. The van der Waals surface area contributed by atoms with E-state index in [9.17, 15) is 18.3 Å². The van der Waals surface area contributed by atoms with Crippen LogP contribution in [-0.2, 0) is 16.6 Å². The fourth-order valence-corrected chi connectivity index (χ4v) is 5.54. The summed E-state index contributed by atoms with van der Waals surface area (Å²) in [5.41, 5.74) is 1.03. The zero-order chi connectivity index (χ0) is 24.6. The first-order chi connectivity index (χ1) is 16.2. The van der Waals surface area contributed by atoms with Crippen molar-refractivity contribution in [1.29, 1.82) is 0 Å². The number of nitrogens with zero attached hydrogens (tertiary/aromatic N) is 6. The van der Waals surface area contributed by atoms with Crippen molar-refractivity contribution >= 4 is 21.7 Å². The molecule has 0 saturated heterocycles. The Morgan fingerprint density at radius 2 is 2.03 bits per heavy atom. The Kier molecular flexibility index (Phi) is 6.34. The van der Waals surface area contributed by atoms with Gasteiger partial charge in [-0.15, -0.1) is 5.10 Å². The Hall–Kier alpha value is -3.42. The minimum absolute atomic E-state index is 0.0707. The molecule has 13 heteroatoms. The molecule has 3 aromatic rings. The van der Waals surface area contributed by atoms with Crippen LogP contribution in [0.1, 0.15) is 42.7 Å². The van der Waals surface area contributed by atoms with Crippen molar-refractivity contribution in [2.24, 2.45) is 0 Å². The maximum absolute atomic E-state index is 13.1. The van der Waals surface area contributed by atoms with Gasteiger partial charge in [-0.05, 0) is 61.0 Å². The molecule has 2 aromatic heterocycles. The van der Waals surface area contributed by atoms with Crippen LogP contribution in [0.15, 0.2) is 35.2 Å². The van der Waals surface area contributed by atoms with E-state index < -0.39 is 15.9 Å². The van der Waals surface area contributed by atoms with Crippen molar-refractivity contribution in [2.75, 3.05) is 19.0 Å². The number of benzene rings is 1. The molecule has 4 rings (SSSR count). The highest BCUT2D eigenvalue weighted by Crippen LogP contribution is 2.36. The first-order valence-corrected chi connectivity index (χ1v) is 12.0. The molecule has 34 heavy (non-hydrogen) atoms. The van der Waals surface area contributed by atoms with Crippen LogP contribution in [0.25, 0.3) is 11.5 Å². The predicted molar refractivity (Wildman–Crippen MR) is 122 cm³/mol. The maximum atomic E-state index is 13.1. The molecule has 0 fully saturated rings. The third-order valence-corrected chi connectivity index (χ3v) is 7.61. The monoisotopic (exact) mass is 487 g/mol. The molecular weight excluding hydrogens is 462 g/mol. The van der Waals surface area contributed by atoms with Crippen molar-refractivity contribution in [2.45, 2.75) is 44.3 Å². The van der Waals surface area contributed by atoms with E-state index in [4.69, 9.17) is 4.74 Å². The molecule has 0 aliphatic carbocycles. The second-order valence-corrected chi connectivity index (χ2v) is 10.0. The number of carbonyl (C=O) groups excluding carboxylic acids is 1. The van der Waals surface area contributed by atoms with Gasteiger partial charge in [0.25, 0.3) is 5.91 Å². The van der Waals surface area contributed by atoms with Gasteiger partial charge < -0.3 is 15.2 Å². The molecule has 1 aromatic carbocycles. The molecule has 12 nitrogen and oxygen atoms in total. The summed E-state index contributed by atoms with van der Waals surface area (Å²) >= 11 is 0. The molecular formula is C21H25N7O5S. The van der Waals surface area contributed by atoms with Gasteiger partial charge in [0, 0.05) is 12.6 Å². The van der Waals surface area contributed by atoms with Crippen LogP contribution in [0, 0.1) is 0 Å². The van der Waals surface area contributed by atoms with Gasteiger partial charge in [-0.1, -0.05) is 6.07 Å². The van der Waals surface area contributed by atoms with Crippen LogP contribution < -0.4 is 10.1 Å². The first kappa shape index (κ1) is 23.7. The largest absolute Gasteiger partial charge is 0.496 e. The van der Waals surface area contributed by atoms with E-state index in [1.54, 1.807) is 45.0 Å². The Bertz CT molecular complexity index is 1340. The van der Waals surface area contributed by atoms with Gasteiger partial charge in [0.05, 0.1) is 30.2 Å². The van der Waals surface area contributed by atoms with E-state index in [0.29, 0.717) is 17.1 Å². The molecule has 0 radical (unpaired) electrons. The van der Waals surface area contributed by atoms with Gasteiger partial charge in [-0.25, -0.2) is 18.1 Å². The number of aromatic nitrogens is 5. The van der Waals surface area contributed by atoms with Gasteiger partial charge in [-0.3, -0.25) is 4.79 Å². The molecule has 0 saturated carbocycles. The van der Waals surface area contributed by atoms with Crippen molar-refractivity contribution in [3.8, 4) is 17.3 Å². The average molecular weight is 488 g/mol. The number of fused-ring (bicyclic) bond motifs is 1. The third kappa shape index (κ3) is 4.13. The van der Waals surface area contributed by atoms with E-state index in [-0.39, 0.29) is 47.3 Å². The summed E-state index contributed by atoms with van der Waals surface area (Å²) in [5, 5.41) is 23.6. The van der Waals surface area contributed by atoms with Crippen molar-refractivity contribution < 1.29 is 23.1 Å². The van der Waals surface area contributed by atoms with Crippen LogP contribution in [0.4, 0.5) is 5.82 Å². The minimum Gasteiger partial charge on any atom is -0.496 e. The number of aliphatic hydroxyl groups excluding tert-OH is 1. The lowest BCUT2D eigenvalue weighted by Crippen LogP contribution is -2.31. The van der Waals surface area contributed by atoms with E-state index >= 15 is 0 Å². The fraction of sp³-hybridized carbons (Fsp3) is 0.381. The highest BCUT2D eigenvalue weighted by Gasteiger charge is 2.38.